The quantitative estimate of drug-likeness (QED) is 0.824. The maximum Gasteiger partial charge on any atom is 0.404 e. The van der Waals surface area contributed by atoms with Crippen molar-refractivity contribution < 1.29 is 19.4 Å². The van der Waals surface area contributed by atoms with E-state index in [2.05, 4.69) is 4.74 Å². The summed E-state index contributed by atoms with van der Waals surface area (Å²) in [5, 5.41) is 9.68. The van der Waals surface area contributed by atoms with Gasteiger partial charge in [0.05, 0.1) is 5.02 Å². The molecule has 0 radical (unpaired) electrons. The van der Waals surface area contributed by atoms with Gasteiger partial charge < -0.3 is 20.3 Å². The van der Waals surface area contributed by atoms with Gasteiger partial charge in [0.1, 0.15) is 24.2 Å². The molecule has 1 aromatic carbocycles. The zero-order valence-corrected chi connectivity index (χ0v) is 9.03. The fourth-order valence-electron chi connectivity index (χ4n) is 1.64. The second kappa shape index (κ2) is 4.09. The number of carbonyl (C=O) groups is 1. The van der Waals surface area contributed by atoms with Crippen LogP contribution in [0.2, 0.25) is 5.02 Å². The van der Waals surface area contributed by atoms with Crippen LogP contribution >= 0.6 is 11.6 Å². The van der Waals surface area contributed by atoms with Crippen LogP contribution in [-0.4, -0.2) is 23.9 Å². The molecule has 16 heavy (non-hydrogen) atoms. The predicted octanol–water partition coefficient (Wildman–Crippen LogP) is 1.44. The molecule has 0 saturated heterocycles. The highest BCUT2D eigenvalue weighted by Crippen LogP contribution is 2.38. The van der Waals surface area contributed by atoms with E-state index in [0.717, 1.165) is 5.56 Å². The minimum absolute atomic E-state index is 0.0705. The molecular formula is C10H10ClNO4. The summed E-state index contributed by atoms with van der Waals surface area (Å²) in [4.78, 5) is 10.4. The van der Waals surface area contributed by atoms with E-state index in [1.54, 1.807) is 6.07 Å². The Bertz CT molecular complexity index is 435. The molecule has 5 nitrogen and oxygen atoms in total. The summed E-state index contributed by atoms with van der Waals surface area (Å²) in [5.41, 5.74) is 5.64. The Balaban J connectivity index is 2.09. The van der Waals surface area contributed by atoms with Gasteiger partial charge >= 0.3 is 6.09 Å². The van der Waals surface area contributed by atoms with Crippen molar-refractivity contribution in [1.82, 2.24) is 0 Å². The maximum atomic E-state index is 10.4. The number of hydrogen-bond donors (Lipinski definition) is 2. The van der Waals surface area contributed by atoms with Gasteiger partial charge in [-0.25, -0.2) is 4.79 Å². The van der Waals surface area contributed by atoms with E-state index in [1.807, 2.05) is 0 Å². The Morgan fingerprint density at radius 1 is 1.69 bits per heavy atom. The number of rotatable bonds is 2. The molecule has 0 bridgehead atoms. The summed E-state index contributed by atoms with van der Waals surface area (Å²) >= 11 is 5.89. The first-order valence-electron chi connectivity index (χ1n) is 4.66. The van der Waals surface area contributed by atoms with E-state index in [9.17, 15) is 9.90 Å². The molecule has 0 spiro atoms. The predicted molar refractivity (Wildman–Crippen MR) is 56.8 cm³/mol. The molecular weight excluding hydrogens is 234 g/mol. The lowest BCUT2D eigenvalue weighted by molar-refractivity contribution is 0.0989. The van der Waals surface area contributed by atoms with Gasteiger partial charge in [0.2, 0.25) is 0 Å². The molecule has 3 N–H and O–H groups in total. The number of nitrogens with two attached hydrogens (primary N) is 1. The fraction of sp³-hybridized carbons (Fsp3) is 0.300. The van der Waals surface area contributed by atoms with Crippen molar-refractivity contribution in [3.63, 3.8) is 0 Å². The third-order valence-corrected chi connectivity index (χ3v) is 2.53. The van der Waals surface area contributed by atoms with Crippen LogP contribution in [0.4, 0.5) is 4.79 Å². The highest BCUT2D eigenvalue weighted by atomic mass is 35.5. The number of benzene rings is 1. The Labute approximate surface area is 96.7 Å². The highest BCUT2D eigenvalue weighted by molar-refractivity contribution is 6.32. The summed E-state index contributed by atoms with van der Waals surface area (Å²) in [6.45, 7) is 0.0705. The molecule has 1 amide bonds. The van der Waals surface area contributed by atoms with Gasteiger partial charge in [0.25, 0.3) is 0 Å². The standard InChI is InChI=1S/C10H10ClNO4/c11-8-3-6(13)1-5-2-7(16-9(5)8)4-15-10(12)14/h1,3,7,13H,2,4H2,(H2,12,14). The van der Waals surface area contributed by atoms with Crippen molar-refractivity contribution in [2.75, 3.05) is 6.61 Å². The number of phenolic OH excluding ortho intramolecular Hbond substituents is 1. The number of phenols is 1. The first-order valence-corrected chi connectivity index (χ1v) is 5.04. The number of carbonyl (C=O) groups excluding carboxylic acids is 1. The van der Waals surface area contributed by atoms with Crippen molar-refractivity contribution >= 4 is 17.7 Å². The smallest absolute Gasteiger partial charge is 0.404 e. The molecule has 0 aromatic heterocycles. The number of ether oxygens (including phenoxy) is 2. The van der Waals surface area contributed by atoms with Crippen LogP contribution in [0.3, 0.4) is 0 Å². The molecule has 1 heterocycles. The molecule has 1 aromatic rings. The second-order valence-corrected chi connectivity index (χ2v) is 3.90. The van der Waals surface area contributed by atoms with E-state index in [-0.39, 0.29) is 18.5 Å². The van der Waals surface area contributed by atoms with Crippen molar-refractivity contribution in [2.45, 2.75) is 12.5 Å². The van der Waals surface area contributed by atoms with E-state index < -0.39 is 6.09 Å². The molecule has 1 unspecified atom stereocenters. The first kappa shape index (κ1) is 10.9. The highest BCUT2D eigenvalue weighted by Gasteiger charge is 2.26. The third-order valence-electron chi connectivity index (χ3n) is 2.25. The summed E-state index contributed by atoms with van der Waals surface area (Å²) in [6.07, 6.45) is -0.619. The zero-order chi connectivity index (χ0) is 11.7. The molecule has 86 valence electrons. The largest absolute Gasteiger partial charge is 0.508 e. The topological polar surface area (TPSA) is 81.8 Å². The monoisotopic (exact) mass is 243 g/mol. The summed E-state index contributed by atoms with van der Waals surface area (Å²) in [6, 6.07) is 2.98. The molecule has 1 aliphatic rings. The number of primary amides is 1. The molecule has 0 fully saturated rings. The van der Waals surface area contributed by atoms with Crippen LogP contribution in [-0.2, 0) is 11.2 Å². The van der Waals surface area contributed by atoms with E-state index in [1.165, 1.54) is 6.07 Å². The molecule has 6 heteroatoms. The lowest BCUT2D eigenvalue weighted by Gasteiger charge is -2.10. The SMILES string of the molecule is NC(=O)OCC1Cc2cc(O)cc(Cl)c2O1. The van der Waals surface area contributed by atoms with E-state index >= 15 is 0 Å². The number of amides is 1. The lowest BCUT2D eigenvalue weighted by atomic mass is 10.1. The number of fused-ring (bicyclic) bond motifs is 1. The Morgan fingerprint density at radius 2 is 2.44 bits per heavy atom. The molecule has 1 atom stereocenters. The van der Waals surface area contributed by atoms with Crippen LogP contribution in [0.15, 0.2) is 12.1 Å². The first-order chi connectivity index (χ1) is 7.56. The minimum atomic E-state index is -0.839. The Kier molecular flexibility index (Phi) is 2.78. The molecule has 2 rings (SSSR count). The van der Waals surface area contributed by atoms with Crippen molar-refractivity contribution in [1.29, 1.82) is 0 Å². The number of halogens is 1. The Morgan fingerprint density at radius 3 is 3.12 bits per heavy atom. The number of hydrogen-bond acceptors (Lipinski definition) is 4. The van der Waals surface area contributed by atoms with E-state index in [4.69, 9.17) is 22.1 Å². The van der Waals surface area contributed by atoms with Crippen molar-refractivity contribution in [2.24, 2.45) is 5.73 Å². The maximum absolute atomic E-state index is 10.4. The van der Waals surface area contributed by atoms with Crippen LogP contribution in [0.5, 0.6) is 11.5 Å². The van der Waals surface area contributed by atoms with Gasteiger partial charge in [-0.1, -0.05) is 11.6 Å². The third kappa shape index (κ3) is 2.14. The van der Waals surface area contributed by atoms with E-state index in [0.29, 0.717) is 17.2 Å². The molecule has 0 aliphatic carbocycles. The second-order valence-electron chi connectivity index (χ2n) is 3.49. The zero-order valence-electron chi connectivity index (χ0n) is 8.27. The van der Waals surface area contributed by atoms with Gasteiger partial charge in [-0.05, 0) is 6.07 Å². The fourth-order valence-corrected chi connectivity index (χ4v) is 1.92. The lowest BCUT2D eigenvalue weighted by Crippen LogP contribution is -2.25. The van der Waals surface area contributed by atoms with Crippen molar-refractivity contribution in [3.05, 3.63) is 22.7 Å². The summed E-state index contributed by atoms with van der Waals surface area (Å²) in [5.74, 6) is 0.612. The molecule has 0 saturated carbocycles. The van der Waals surface area contributed by atoms with Gasteiger partial charge in [-0.15, -0.1) is 0 Å². The van der Waals surface area contributed by atoms with Crippen LogP contribution in [0.1, 0.15) is 5.56 Å². The Hall–Kier alpha value is -1.62. The average Bonchev–Trinajstić information content (AvgIpc) is 2.57. The minimum Gasteiger partial charge on any atom is -0.508 e. The average molecular weight is 244 g/mol. The van der Waals surface area contributed by atoms with Crippen LogP contribution < -0.4 is 10.5 Å². The van der Waals surface area contributed by atoms with Gasteiger partial charge in [-0.3, -0.25) is 0 Å². The van der Waals surface area contributed by atoms with Gasteiger partial charge in [-0.2, -0.15) is 0 Å². The number of aromatic hydroxyl groups is 1. The van der Waals surface area contributed by atoms with Gasteiger partial charge in [0.15, 0.2) is 0 Å². The van der Waals surface area contributed by atoms with Crippen LogP contribution in [0.25, 0.3) is 0 Å². The van der Waals surface area contributed by atoms with Crippen molar-refractivity contribution in [3.8, 4) is 11.5 Å². The summed E-state index contributed by atoms with van der Waals surface area (Å²) in [7, 11) is 0. The molecule has 1 aliphatic heterocycles. The van der Waals surface area contributed by atoms with Gasteiger partial charge in [0, 0.05) is 18.1 Å². The normalized spacial score (nSPS) is 17.7. The van der Waals surface area contributed by atoms with Crippen LogP contribution in [0, 0.1) is 0 Å². The summed E-state index contributed by atoms with van der Waals surface area (Å²) < 4.78 is 10.1.